The van der Waals surface area contributed by atoms with E-state index in [1.54, 1.807) is 10.6 Å². The van der Waals surface area contributed by atoms with Crippen LogP contribution in [0.2, 0.25) is 18.1 Å². The number of hydrogen-bond donors (Lipinski definition) is 2. The molecule has 21 nitrogen and oxygen atoms in total. The fourth-order valence-corrected chi connectivity index (χ4v) is 12.5. The number of ether oxygens (including phenoxy) is 3. The number of rotatable bonds is 11. The Morgan fingerprint density at radius 1 is 1.00 bits per heavy atom. The first-order chi connectivity index (χ1) is 32.0. The van der Waals surface area contributed by atoms with Gasteiger partial charge in [0.05, 0.1) is 38.0 Å². The third-order valence-corrected chi connectivity index (χ3v) is 20.7. The van der Waals surface area contributed by atoms with Crippen LogP contribution < -0.4 is 15.6 Å². The number of benzene rings is 1. The summed E-state index contributed by atoms with van der Waals surface area (Å²) in [5.41, 5.74) is 1.65. The van der Waals surface area contributed by atoms with E-state index in [1.807, 2.05) is 24.3 Å². The lowest BCUT2D eigenvalue weighted by molar-refractivity contribution is -0.118. The molecule has 3 fully saturated rings. The topological polar surface area (TPSA) is 236 Å². The summed E-state index contributed by atoms with van der Waals surface area (Å²) >= 11 is 10.5. The number of fused-ring (bicyclic) bond motifs is 5. The van der Waals surface area contributed by atoms with Gasteiger partial charge < -0.3 is 37.5 Å². The molecule has 9 atom stereocenters. The van der Waals surface area contributed by atoms with Crippen LogP contribution in [0.4, 0.5) is 5.69 Å². The molecule has 1 amide bonds. The van der Waals surface area contributed by atoms with Crippen molar-refractivity contribution in [2.24, 2.45) is 0 Å². The van der Waals surface area contributed by atoms with Crippen LogP contribution in [0, 0.1) is 11.3 Å². The molecule has 0 radical (unpaired) electrons. The second kappa shape index (κ2) is 19.7. The summed E-state index contributed by atoms with van der Waals surface area (Å²) in [5, 5.41) is 20.7. The molecule has 366 valence electrons. The molecule has 4 aromatic heterocycles. The SMILES string of the molecule is CC(C)(C)c1ccc(OCC(=O)Nc2ccnc3c2nnn3[C@H]2C[C@@H]3OP(=S)(OCCC#N)OC[C@H]4O[C@@H](n5ccc(=O)n6ccnc56)[C@H](OP(=O)(S)OC[C@H]3O2)[C@@H]4O[Si](C)(C)C(C)(C)C)cc1. The van der Waals surface area contributed by atoms with Gasteiger partial charge in [0.1, 0.15) is 36.3 Å². The van der Waals surface area contributed by atoms with Gasteiger partial charge in [0, 0.05) is 37.3 Å². The Bertz CT molecular complexity index is 2850. The van der Waals surface area contributed by atoms with E-state index in [1.165, 1.54) is 39.9 Å². The summed E-state index contributed by atoms with van der Waals surface area (Å²) in [5.74, 6) is 0.335. The van der Waals surface area contributed by atoms with Gasteiger partial charge in [-0.2, -0.15) is 9.94 Å². The fourth-order valence-electron chi connectivity index (χ4n) is 7.61. The van der Waals surface area contributed by atoms with Crippen LogP contribution in [0.25, 0.3) is 16.9 Å². The fraction of sp³-hybridized carbons (Fsp3) is 0.548. The van der Waals surface area contributed by atoms with Gasteiger partial charge in [-0.15, -0.1) is 5.10 Å². The molecule has 0 spiro atoms. The van der Waals surface area contributed by atoms with Gasteiger partial charge in [-0.05, 0) is 59.1 Å². The minimum atomic E-state index is -4.34. The number of carbonyl (C=O) groups is 1. The number of carbonyl (C=O) groups excluding carboxylic acids is 1. The molecule has 3 aliphatic rings. The Labute approximate surface area is 404 Å². The first kappa shape index (κ1) is 50.5. The van der Waals surface area contributed by atoms with Crippen LogP contribution in [0.3, 0.4) is 0 Å². The zero-order valence-electron chi connectivity index (χ0n) is 38.8. The van der Waals surface area contributed by atoms with E-state index in [0.29, 0.717) is 11.4 Å². The summed E-state index contributed by atoms with van der Waals surface area (Å²) in [4.78, 5) is 34.8. The Kier molecular flexibility index (Phi) is 14.6. The van der Waals surface area contributed by atoms with Crippen molar-refractivity contribution >= 4 is 74.4 Å². The minimum absolute atomic E-state index is 0.0158. The van der Waals surface area contributed by atoms with E-state index in [0.717, 1.165) is 5.56 Å². The van der Waals surface area contributed by atoms with Gasteiger partial charge in [-0.3, -0.25) is 27.6 Å². The van der Waals surface area contributed by atoms with E-state index in [4.69, 9.17) is 53.1 Å². The van der Waals surface area contributed by atoms with Crippen molar-refractivity contribution in [2.75, 3.05) is 31.7 Å². The molecule has 0 aliphatic carbocycles. The number of amides is 1. The number of nitrogens with one attached hydrogen (secondary N) is 1. The van der Waals surface area contributed by atoms with Gasteiger partial charge in [-0.1, -0.05) is 71.1 Å². The maximum Gasteiger partial charge on any atom is 0.386 e. The maximum absolute atomic E-state index is 14.5. The molecule has 7 heterocycles. The second-order valence-electron chi connectivity index (χ2n) is 19.1. The van der Waals surface area contributed by atoms with E-state index in [2.05, 4.69) is 98.6 Å². The Balaban J connectivity index is 1.07. The highest BCUT2D eigenvalue weighted by atomic mass is 32.7. The van der Waals surface area contributed by atoms with E-state index in [9.17, 15) is 19.4 Å². The summed E-state index contributed by atoms with van der Waals surface area (Å²) in [7, 11) is -2.66. The Hall–Kier alpha value is -3.92. The van der Waals surface area contributed by atoms with Gasteiger partial charge >= 0.3 is 13.5 Å². The van der Waals surface area contributed by atoms with Crippen molar-refractivity contribution in [1.82, 2.24) is 33.9 Å². The molecule has 2 unspecified atom stereocenters. The van der Waals surface area contributed by atoms with Crippen molar-refractivity contribution in [3.8, 4) is 11.8 Å². The number of pyridine rings is 1. The molecule has 1 N–H and O–H groups in total. The third kappa shape index (κ3) is 11.0. The highest BCUT2D eigenvalue weighted by molar-refractivity contribution is 8.44. The molecule has 68 heavy (non-hydrogen) atoms. The maximum atomic E-state index is 14.5. The molecule has 5 aromatic rings. The third-order valence-electron chi connectivity index (χ3n) is 12.2. The predicted molar refractivity (Wildman–Crippen MR) is 257 cm³/mol. The van der Waals surface area contributed by atoms with Crippen LogP contribution in [0.15, 0.2) is 66.0 Å². The average Bonchev–Trinajstić information content (AvgIpc) is 4.08. The summed E-state index contributed by atoms with van der Waals surface area (Å²) in [6, 6.07) is 12.6. The van der Waals surface area contributed by atoms with Gasteiger partial charge in [0.25, 0.3) is 11.5 Å². The summed E-state index contributed by atoms with van der Waals surface area (Å²) in [6.45, 7) is 7.50. The zero-order chi connectivity index (χ0) is 48.8. The lowest BCUT2D eigenvalue weighted by atomic mass is 9.87. The lowest BCUT2D eigenvalue weighted by Crippen LogP contribution is -2.50. The van der Waals surface area contributed by atoms with E-state index < -0.39 is 77.3 Å². The molecule has 2 bridgehead atoms. The molecular weight excluding hydrogens is 977 g/mol. The van der Waals surface area contributed by atoms with Crippen molar-refractivity contribution in [3.63, 3.8) is 0 Å². The molecule has 3 aliphatic heterocycles. The molecule has 26 heteroatoms. The molecule has 1 aromatic carbocycles. The van der Waals surface area contributed by atoms with E-state index >= 15 is 0 Å². The Morgan fingerprint density at radius 3 is 2.47 bits per heavy atom. The van der Waals surface area contributed by atoms with Crippen molar-refractivity contribution < 1.29 is 50.6 Å². The van der Waals surface area contributed by atoms with Gasteiger partial charge in [0.15, 0.2) is 38.5 Å². The number of nitrogens with zero attached hydrogens (tertiary/aromatic N) is 8. The average molecular weight is 1030 g/mol. The largest absolute Gasteiger partial charge is 0.484 e. The number of imidazole rings is 1. The van der Waals surface area contributed by atoms with Crippen molar-refractivity contribution in [2.45, 2.75) is 121 Å². The van der Waals surface area contributed by atoms with Crippen LogP contribution in [-0.4, -0.2) is 105 Å². The van der Waals surface area contributed by atoms with Gasteiger partial charge in [-0.25, -0.2) is 14.5 Å². The number of nitriles is 1. The molecule has 3 saturated heterocycles. The van der Waals surface area contributed by atoms with Crippen molar-refractivity contribution in [3.05, 3.63) is 77.1 Å². The van der Waals surface area contributed by atoms with Crippen LogP contribution >= 0.6 is 25.8 Å². The van der Waals surface area contributed by atoms with Crippen LogP contribution in [0.5, 0.6) is 5.75 Å². The number of anilines is 1. The molecular formula is C42H55N9O12P2S2Si. The number of hydrogen-bond acceptors (Lipinski definition) is 18. The second-order valence-corrected chi connectivity index (χ2v) is 29.7. The monoisotopic (exact) mass is 1030 g/mol. The highest BCUT2D eigenvalue weighted by Gasteiger charge is 2.55. The van der Waals surface area contributed by atoms with Crippen molar-refractivity contribution in [1.29, 1.82) is 5.26 Å². The molecule has 8 rings (SSSR count). The first-order valence-electron chi connectivity index (χ1n) is 21.9. The standard InChI is InChI=1S/C42H55N9O12P2S2Si/c1-41(2,3)26-10-12-27(13-11-26)55-25-32(52)46-28-14-17-44-38-35(28)47-48-51(38)34-22-29-30(59-34)23-57-64(54,66)62-37-36(63-68(7,8)42(4,5)6)31(24-58-65(67,61-29)56-21-9-16-43)60-39(37)50-19-15-33(53)49-20-18-45-40(49)50/h10-15,17-20,29-31,34,36-37,39H,9,21-25H2,1-8H3,(H,54,66)(H,44,46,52)/t29-,30+,31+,34+,36+,37+,39+,64?,65?/m0/s1. The Morgan fingerprint density at radius 2 is 1.75 bits per heavy atom. The molecule has 0 saturated carbocycles. The smallest absolute Gasteiger partial charge is 0.386 e. The van der Waals surface area contributed by atoms with Crippen LogP contribution in [-0.2, 0) is 63.1 Å². The van der Waals surface area contributed by atoms with Crippen LogP contribution in [0.1, 0.15) is 72.4 Å². The zero-order valence-corrected chi connectivity index (χ0v) is 43.3. The number of aromatic nitrogens is 7. The first-order valence-corrected chi connectivity index (χ1v) is 30.1. The van der Waals surface area contributed by atoms with Gasteiger partial charge in [0.2, 0.25) is 5.78 Å². The normalized spacial score (nSPS) is 28.3. The highest BCUT2D eigenvalue weighted by Crippen LogP contribution is 2.60. The minimum Gasteiger partial charge on any atom is -0.484 e. The lowest BCUT2D eigenvalue weighted by Gasteiger charge is -2.40. The summed E-state index contributed by atoms with van der Waals surface area (Å²) < 4.78 is 76.4. The van der Waals surface area contributed by atoms with E-state index in [-0.39, 0.29) is 65.6 Å². The predicted octanol–water partition coefficient (Wildman–Crippen LogP) is 7.24. The summed E-state index contributed by atoms with van der Waals surface area (Å²) in [6.07, 6.45) is -0.988. The number of thiol groups is 1. The quantitative estimate of drug-likeness (QED) is 0.0574.